The van der Waals surface area contributed by atoms with Crippen molar-refractivity contribution in [3.05, 3.63) is 64.7 Å². The molecule has 5 aromatic rings. The van der Waals surface area contributed by atoms with Gasteiger partial charge in [0.25, 0.3) is 0 Å². The normalized spacial score (nSPS) is 17.2. The molecule has 1 aliphatic heterocycles. The number of aryl methyl sites for hydroxylation is 2. The number of anilines is 1. The average Bonchev–Trinajstić information content (AvgIpc) is 3.55. The number of hydrogen-bond donors (Lipinski definition) is 1. The number of fused-ring (bicyclic) bond motifs is 2. The number of carboxylic acids is 1. The van der Waals surface area contributed by atoms with E-state index in [0.29, 0.717) is 16.0 Å². The molecule has 234 valence electrons. The first-order valence-corrected chi connectivity index (χ1v) is 16.9. The van der Waals surface area contributed by atoms with Crippen LogP contribution in [0, 0.1) is 12.3 Å². The maximum absolute atomic E-state index is 12.7. The summed E-state index contributed by atoms with van der Waals surface area (Å²) >= 11 is 7.85. The quantitative estimate of drug-likeness (QED) is 0.199. The van der Waals surface area contributed by atoms with Gasteiger partial charge in [0, 0.05) is 52.7 Å². The van der Waals surface area contributed by atoms with Crippen LogP contribution in [0.4, 0.5) is 5.82 Å². The number of hydrogen-bond acceptors (Lipinski definition) is 6. The maximum Gasteiger partial charge on any atom is 0.337 e. The van der Waals surface area contributed by atoms with Gasteiger partial charge in [-0.1, -0.05) is 43.0 Å². The second kappa shape index (κ2) is 11.1. The van der Waals surface area contributed by atoms with E-state index in [-0.39, 0.29) is 0 Å². The molecule has 1 N–H and O–H groups in total. The van der Waals surface area contributed by atoms with Crippen molar-refractivity contribution in [3.63, 3.8) is 0 Å². The van der Waals surface area contributed by atoms with Crippen molar-refractivity contribution in [3.8, 4) is 21.7 Å². The summed E-state index contributed by atoms with van der Waals surface area (Å²) in [5.41, 5.74) is 5.91. The van der Waals surface area contributed by atoms with Gasteiger partial charge in [0.1, 0.15) is 5.01 Å². The minimum absolute atomic E-state index is 0.463. The molecule has 2 fully saturated rings. The van der Waals surface area contributed by atoms with Crippen LogP contribution < -0.4 is 4.90 Å². The molecule has 45 heavy (non-hydrogen) atoms. The number of halogens is 1. The minimum atomic E-state index is -1.15. The molecule has 0 amide bonds. The van der Waals surface area contributed by atoms with E-state index in [1.807, 2.05) is 69.8 Å². The Bertz CT molecular complexity index is 1920. The van der Waals surface area contributed by atoms with Crippen molar-refractivity contribution in [2.75, 3.05) is 18.0 Å². The molecule has 1 saturated carbocycles. The number of aromatic nitrogens is 3. The van der Waals surface area contributed by atoms with Crippen molar-refractivity contribution in [2.45, 2.75) is 71.5 Å². The van der Waals surface area contributed by atoms with Crippen LogP contribution in [0.2, 0.25) is 5.02 Å². The third kappa shape index (κ3) is 5.51. The van der Waals surface area contributed by atoms with Crippen LogP contribution in [-0.4, -0.2) is 44.5 Å². The molecule has 7 rings (SSSR count). The highest BCUT2D eigenvalue weighted by Gasteiger charge is 2.44. The summed E-state index contributed by atoms with van der Waals surface area (Å²) in [6, 6.07) is 16.0. The summed E-state index contributed by atoms with van der Waals surface area (Å²) in [5.74, 6) is 0.0261. The van der Waals surface area contributed by atoms with Crippen LogP contribution in [0.25, 0.3) is 42.8 Å². The van der Waals surface area contributed by atoms with E-state index in [2.05, 4.69) is 23.1 Å². The standard InChI is InChI=1S/C36H39ClN4O3S/c1-21-17-26-31(29(22-9-12-24(37)13-10-22)28(21)30(34(42)43)44-35(2,3)4)45-33(38-26)23-11-14-27-25(18-23)32(39-40(27)5)41-19-36(20-41)15-7-6-8-16-36/h9-14,17-18,30H,6-8,15-16,19-20H2,1-5H3,(H,42,43)/t30-/m0/s1. The first-order chi connectivity index (χ1) is 21.4. The van der Waals surface area contributed by atoms with Crippen molar-refractivity contribution >= 4 is 55.8 Å². The Hall–Kier alpha value is -3.46. The lowest BCUT2D eigenvalue weighted by Crippen LogP contribution is -2.57. The number of carbonyl (C=O) groups is 1. The Kier molecular flexibility index (Phi) is 7.46. The van der Waals surface area contributed by atoms with E-state index in [1.54, 1.807) is 11.3 Å². The zero-order valence-electron chi connectivity index (χ0n) is 26.5. The van der Waals surface area contributed by atoms with E-state index in [1.165, 1.54) is 32.1 Å². The molecule has 9 heteroatoms. The van der Waals surface area contributed by atoms with Gasteiger partial charge in [0.05, 0.1) is 21.3 Å². The van der Waals surface area contributed by atoms with Gasteiger partial charge in [-0.2, -0.15) is 5.10 Å². The smallest absolute Gasteiger partial charge is 0.337 e. The predicted molar refractivity (Wildman–Crippen MR) is 183 cm³/mol. The molecule has 1 saturated heterocycles. The molecule has 3 heterocycles. The topological polar surface area (TPSA) is 80.5 Å². The summed E-state index contributed by atoms with van der Waals surface area (Å²) < 4.78 is 9.08. The average molecular weight is 643 g/mol. The molecule has 1 atom stereocenters. The van der Waals surface area contributed by atoms with E-state index in [9.17, 15) is 9.90 Å². The van der Waals surface area contributed by atoms with Gasteiger partial charge < -0.3 is 14.7 Å². The van der Waals surface area contributed by atoms with Crippen molar-refractivity contribution in [1.29, 1.82) is 0 Å². The Morgan fingerprint density at radius 2 is 1.73 bits per heavy atom. The third-order valence-corrected chi connectivity index (χ3v) is 10.8. The molecule has 0 unspecified atom stereocenters. The lowest BCUT2D eigenvalue weighted by atomic mass is 9.68. The highest BCUT2D eigenvalue weighted by atomic mass is 35.5. The number of thiazole rings is 1. The summed E-state index contributed by atoms with van der Waals surface area (Å²) in [7, 11) is 2.01. The van der Waals surface area contributed by atoms with E-state index < -0.39 is 17.7 Å². The molecule has 0 radical (unpaired) electrons. The number of carboxylic acid groups (broad SMARTS) is 1. The van der Waals surface area contributed by atoms with Crippen LogP contribution in [-0.2, 0) is 16.6 Å². The lowest BCUT2D eigenvalue weighted by molar-refractivity contribution is -0.160. The Labute approximate surface area is 272 Å². The number of benzene rings is 3. The number of aliphatic carboxylic acids is 1. The zero-order chi connectivity index (χ0) is 31.7. The zero-order valence-corrected chi connectivity index (χ0v) is 28.1. The first-order valence-electron chi connectivity index (χ1n) is 15.7. The van der Waals surface area contributed by atoms with E-state index in [4.69, 9.17) is 26.4 Å². The second-order valence-corrected chi connectivity index (χ2v) is 15.3. The van der Waals surface area contributed by atoms with Crippen LogP contribution in [0.3, 0.4) is 0 Å². The molecule has 1 aliphatic carbocycles. The summed E-state index contributed by atoms with van der Waals surface area (Å²) in [6.45, 7) is 9.73. The lowest BCUT2D eigenvalue weighted by Gasteiger charge is -2.52. The van der Waals surface area contributed by atoms with Gasteiger partial charge in [-0.3, -0.25) is 4.68 Å². The van der Waals surface area contributed by atoms with Gasteiger partial charge >= 0.3 is 5.97 Å². The van der Waals surface area contributed by atoms with E-state index >= 15 is 0 Å². The Morgan fingerprint density at radius 1 is 1.04 bits per heavy atom. The maximum atomic E-state index is 12.7. The SMILES string of the molecule is Cc1cc2nc(-c3ccc4c(c3)c(N3CC5(CCCCC5)C3)nn4C)sc2c(-c2ccc(Cl)cc2)c1[C@H](OC(C)(C)C)C(=O)O. The van der Waals surface area contributed by atoms with E-state index in [0.717, 1.165) is 67.3 Å². The second-order valence-electron chi connectivity index (χ2n) is 13.9. The predicted octanol–water partition coefficient (Wildman–Crippen LogP) is 9.19. The minimum Gasteiger partial charge on any atom is -0.479 e. The summed E-state index contributed by atoms with van der Waals surface area (Å²) in [5, 5.41) is 18.0. The van der Waals surface area contributed by atoms with Crippen molar-refractivity contribution in [1.82, 2.24) is 14.8 Å². The monoisotopic (exact) mass is 642 g/mol. The van der Waals surface area contributed by atoms with Gasteiger partial charge in [-0.25, -0.2) is 9.78 Å². The molecule has 0 bridgehead atoms. The fourth-order valence-electron chi connectivity index (χ4n) is 7.31. The van der Waals surface area contributed by atoms with Crippen LogP contribution in [0.5, 0.6) is 0 Å². The molecule has 1 spiro atoms. The highest BCUT2D eigenvalue weighted by molar-refractivity contribution is 7.22. The first kappa shape index (κ1) is 30.2. The van der Waals surface area contributed by atoms with Crippen molar-refractivity contribution < 1.29 is 14.6 Å². The molecule has 2 aromatic heterocycles. The molecule has 3 aromatic carbocycles. The number of rotatable bonds is 6. The summed E-state index contributed by atoms with van der Waals surface area (Å²) in [6.07, 6.45) is 5.55. The van der Waals surface area contributed by atoms with Crippen LogP contribution in [0.1, 0.15) is 70.1 Å². The fraction of sp³-hybridized carbons (Fsp3) is 0.417. The van der Waals surface area contributed by atoms with Crippen LogP contribution in [0.15, 0.2) is 48.5 Å². The largest absolute Gasteiger partial charge is 0.479 e. The van der Waals surface area contributed by atoms with Crippen molar-refractivity contribution in [2.24, 2.45) is 12.5 Å². The molecule has 7 nitrogen and oxygen atoms in total. The summed E-state index contributed by atoms with van der Waals surface area (Å²) in [4.78, 5) is 20.3. The van der Waals surface area contributed by atoms with Gasteiger partial charge in [0.15, 0.2) is 11.9 Å². The Morgan fingerprint density at radius 3 is 2.40 bits per heavy atom. The molecular formula is C36H39ClN4O3S. The highest BCUT2D eigenvalue weighted by Crippen LogP contribution is 2.48. The third-order valence-electron chi connectivity index (χ3n) is 9.36. The molecular weight excluding hydrogens is 604 g/mol. The number of ether oxygens (including phenoxy) is 1. The van der Waals surface area contributed by atoms with Gasteiger partial charge in [-0.05, 0) is 88.1 Å². The number of nitrogens with zero attached hydrogens (tertiary/aromatic N) is 4. The van der Waals surface area contributed by atoms with Gasteiger partial charge in [0.2, 0.25) is 0 Å². The van der Waals surface area contributed by atoms with Gasteiger partial charge in [-0.15, -0.1) is 11.3 Å². The molecule has 2 aliphatic rings. The van der Waals surface area contributed by atoms with Crippen LogP contribution >= 0.6 is 22.9 Å². The fourth-order valence-corrected chi connectivity index (χ4v) is 8.55. The Balaban J connectivity index is 1.35.